The fourth-order valence-corrected chi connectivity index (χ4v) is 1.24. The average Bonchev–Trinajstić information content (AvgIpc) is 2.30. The third-order valence-electron chi connectivity index (χ3n) is 2.06. The Morgan fingerprint density at radius 3 is 3.00 bits per heavy atom. The summed E-state index contributed by atoms with van der Waals surface area (Å²) in [6.07, 6.45) is 3.33. The number of hydrogen-bond acceptors (Lipinski definition) is 3. The molecule has 3 nitrogen and oxygen atoms in total. The van der Waals surface area contributed by atoms with Gasteiger partial charge in [-0.25, -0.2) is 9.97 Å². The van der Waals surface area contributed by atoms with Crippen molar-refractivity contribution < 1.29 is 0 Å². The van der Waals surface area contributed by atoms with Crippen LogP contribution in [0.15, 0.2) is 17.5 Å². The second-order valence-electron chi connectivity index (χ2n) is 2.77. The monoisotopic (exact) mass is 147 g/mol. The van der Waals surface area contributed by atoms with E-state index in [9.17, 15) is 0 Å². The molecule has 0 spiro atoms. The molecule has 1 aliphatic heterocycles. The highest BCUT2D eigenvalue weighted by molar-refractivity contribution is 5.95. The summed E-state index contributed by atoms with van der Waals surface area (Å²) < 4.78 is 0. The van der Waals surface area contributed by atoms with E-state index in [1.807, 2.05) is 6.92 Å². The minimum absolute atomic E-state index is 0.369. The minimum Gasteiger partial charge on any atom is -0.254 e. The predicted molar refractivity (Wildman–Crippen MR) is 43.2 cm³/mol. The molecule has 0 aliphatic carbocycles. The number of rotatable bonds is 0. The maximum Gasteiger partial charge on any atom is 0.115 e. The molecular formula is C8H9N3. The number of nitrogens with zero attached hydrogens (tertiary/aromatic N) is 3. The lowest BCUT2D eigenvalue weighted by atomic mass is 10.1. The van der Waals surface area contributed by atoms with Crippen LogP contribution in [0.5, 0.6) is 0 Å². The Morgan fingerprint density at radius 2 is 2.27 bits per heavy atom. The van der Waals surface area contributed by atoms with E-state index in [1.165, 1.54) is 0 Å². The molecule has 11 heavy (non-hydrogen) atoms. The number of aliphatic imine (C=N–C) groups is 1. The van der Waals surface area contributed by atoms with E-state index >= 15 is 0 Å². The van der Waals surface area contributed by atoms with Gasteiger partial charge in [0.25, 0.3) is 0 Å². The Labute approximate surface area is 65.2 Å². The zero-order valence-electron chi connectivity index (χ0n) is 6.57. The van der Waals surface area contributed by atoms with E-state index < -0.39 is 0 Å². The molecular weight excluding hydrogens is 138 g/mol. The van der Waals surface area contributed by atoms with E-state index in [2.05, 4.69) is 21.9 Å². The highest BCUT2D eigenvalue weighted by Crippen LogP contribution is 2.31. The Balaban J connectivity index is 2.58. The smallest absolute Gasteiger partial charge is 0.115 e. The fourth-order valence-electron chi connectivity index (χ4n) is 1.24. The first-order valence-electron chi connectivity index (χ1n) is 3.64. The van der Waals surface area contributed by atoms with Crippen molar-refractivity contribution in [2.24, 2.45) is 4.99 Å². The fraction of sp³-hybridized carbons (Fsp3) is 0.375. The maximum atomic E-state index is 4.32. The topological polar surface area (TPSA) is 38.1 Å². The van der Waals surface area contributed by atoms with Gasteiger partial charge in [-0.05, 0) is 6.92 Å². The van der Waals surface area contributed by atoms with E-state index in [4.69, 9.17) is 0 Å². The van der Waals surface area contributed by atoms with Gasteiger partial charge in [0, 0.05) is 11.6 Å². The molecule has 0 N–H and O–H groups in total. The Bertz CT molecular complexity index is 317. The van der Waals surface area contributed by atoms with Crippen molar-refractivity contribution in [3.05, 3.63) is 18.2 Å². The molecule has 0 saturated carbocycles. The molecule has 0 bridgehead atoms. The Hall–Kier alpha value is -1.25. The van der Waals surface area contributed by atoms with Gasteiger partial charge >= 0.3 is 0 Å². The van der Waals surface area contributed by atoms with Crippen LogP contribution in [0.1, 0.15) is 25.5 Å². The van der Waals surface area contributed by atoms with Crippen LogP contribution in [-0.2, 0) is 0 Å². The largest absolute Gasteiger partial charge is 0.254 e. The summed E-state index contributed by atoms with van der Waals surface area (Å²) in [5.41, 5.74) is 3.11. The summed E-state index contributed by atoms with van der Waals surface area (Å²) in [4.78, 5) is 12.4. The first-order valence-corrected chi connectivity index (χ1v) is 3.64. The Morgan fingerprint density at radius 1 is 1.45 bits per heavy atom. The second-order valence-corrected chi connectivity index (χ2v) is 2.77. The van der Waals surface area contributed by atoms with E-state index in [-0.39, 0.29) is 0 Å². The van der Waals surface area contributed by atoms with E-state index in [0.717, 1.165) is 17.1 Å². The van der Waals surface area contributed by atoms with Gasteiger partial charge in [0.15, 0.2) is 0 Å². The summed E-state index contributed by atoms with van der Waals surface area (Å²) in [5, 5.41) is 0. The SMILES string of the molecule is CC1=Nc2cncnc2C1C. The lowest BCUT2D eigenvalue weighted by Crippen LogP contribution is -2.00. The van der Waals surface area contributed by atoms with Gasteiger partial charge in [0.2, 0.25) is 0 Å². The lowest BCUT2D eigenvalue weighted by Gasteiger charge is -2.00. The Kier molecular flexibility index (Phi) is 1.24. The number of aromatic nitrogens is 2. The van der Waals surface area contributed by atoms with Crippen molar-refractivity contribution in [3.63, 3.8) is 0 Å². The number of fused-ring (bicyclic) bond motifs is 1. The quantitative estimate of drug-likeness (QED) is 0.560. The summed E-state index contributed by atoms with van der Waals surface area (Å²) in [6.45, 7) is 4.13. The van der Waals surface area contributed by atoms with Crippen LogP contribution in [0.2, 0.25) is 0 Å². The molecule has 0 saturated heterocycles. The van der Waals surface area contributed by atoms with Crippen LogP contribution in [0, 0.1) is 0 Å². The van der Waals surface area contributed by atoms with E-state index in [1.54, 1.807) is 12.5 Å². The van der Waals surface area contributed by atoms with Crippen molar-refractivity contribution in [2.75, 3.05) is 0 Å². The molecule has 56 valence electrons. The van der Waals surface area contributed by atoms with Crippen molar-refractivity contribution in [1.82, 2.24) is 9.97 Å². The molecule has 1 unspecified atom stereocenters. The molecule has 1 aromatic rings. The van der Waals surface area contributed by atoms with Crippen LogP contribution in [0.4, 0.5) is 5.69 Å². The zero-order valence-corrected chi connectivity index (χ0v) is 6.57. The first-order chi connectivity index (χ1) is 5.29. The summed E-state index contributed by atoms with van der Waals surface area (Å²) >= 11 is 0. The second kappa shape index (κ2) is 2.12. The van der Waals surface area contributed by atoms with Crippen LogP contribution < -0.4 is 0 Å². The summed E-state index contributed by atoms with van der Waals surface area (Å²) in [6, 6.07) is 0. The molecule has 1 atom stereocenters. The van der Waals surface area contributed by atoms with E-state index in [0.29, 0.717) is 5.92 Å². The van der Waals surface area contributed by atoms with Crippen molar-refractivity contribution in [1.29, 1.82) is 0 Å². The van der Waals surface area contributed by atoms with Crippen LogP contribution in [-0.4, -0.2) is 15.7 Å². The molecule has 0 amide bonds. The average molecular weight is 147 g/mol. The third kappa shape index (κ3) is 0.843. The van der Waals surface area contributed by atoms with Gasteiger partial charge < -0.3 is 0 Å². The molecule has 3 heteroatoms. The van der Waals surface area contributed by atoms with Gasteiger partial charge in [-0.2, -0.15) is 0 Å². The van der Waals surface area contributed by atoms with Crippen molar-refractivity contribution >= 4 is 11.4 Å². The number of hydrogen-bond donors (Lipinski definition) is 0. The van der Waals surface area contributed by atoms with Gasteiger partial charge in [0.1, 0.15) is 12.0 Å². The highest BCUT2D eigenvalue weighted by atomic mass is 14.9. The molecule has 0 fully saturated rings. The van der Waals surface area contributed by atoms with Crippen LogP contribution in [0.25, 0.3) is 0 Å². The molecule has 0 radical (unpaired) electrons. The zero-order chi connectivity index (χ0) is 7.84. The van der Waals surface area contributed by atoms with Gasteiger partial charge in [-0.15, -0.1) is 0 Å². The first kappa shape index (κ1) is 6.46. The maximum absolute atomic E-state index is 4.32. The van der Waals surface area contributed by atoms with Gasteiger partial charge in [0.05, 0.1) is 11.9 Å². The van der Waals surface area contributed by atoms with Gasteiger partial charge in [-0.1, -0.05) is 6.92 Å². The van der Waals surface area contributed by atoms with Crippen molar-refractivity contribution in [2.45, 2.75) is 19.8 Å². The normalized spacial score (nSPS) is 21.3. The summed E-state index contributed by atoms with van der Waals surface area (Å²) in [5.74, 6) is 0.369. The molecule has 1 aliphatic rings. The highest BCUT2D eigenvalue weighted by Gasteiger charge is 2.20. The van der Waals surface area contributed by atoms with Crippen LogP contribution >= 0.6 is 0 Å². The molecule has 2 heterocycles. The standard InChI is InChI=1S/C8H9N3/c1-5-6(2)11-7-3-9-4-10-8(5)7/h3-5H,1-2H3. The third-order valence-corrected chi connectivity index (χ3v) is 2.06. The summed E-state index contributed by atoms with van der Waals surface area (Å²) in [7, 11) is 0. The lowest BCUT2D eigenvalue weighted by molar-refractivity contribution is 0.957. The predicted octanol–water partition coefficient (Wildman–Crippen LogP) is 1.69. The van der Waals surface area contributed by atoms with Crippen molar-refractivity contribution in [3.8, 4) is 0 Å². The molecule has 0 aromatic carbocycles. The van der Waals surface area contributed by atoms with Gasteiger partial charge in [-0.3, -0.25) is 4.99 Å². The van der Waals surface area contributed by atoms with Crippen LogP contribution in [0.3, 0.4) is 0 Å². The minimum atomic E-state index is 0.369. The molecule has 1 aromatic heterocycles. The molecule has 2 rings (SSSR count).